The van der Waals surface area contributed by atoms with Gasteiger partial charge in [-0.1, -0.05) is 48.5 Å². The van der Waals surface area contributed by atoms with Crippen LogP contribution in [0.25, 0.3) is 17.1 Å². The number of ether oxygens (including phenoxy) is 2. The Kier molecular flexibility index (Phi) is 7.35. The fourth-order valence-corrected chi connectivity index (χ4v) is 3.30. The molecule has 0 atom stereocenters. The second-order valence-electron chi connectivity index (χ2n) is 7.59. The van der Waals surface area contributed by atoms with Crippen molar-refractivity contribution in [1.29, 1.82) is 0 Å². The molecular weight excluding hydrogens is 462 g/mol. The largest absolute Gasteiger partial charge is 0.493 e. The minimum absolute atomic E-state index is 0.125. The van der Waals surface area contributed by atoms with Crippen molar-refractivity contribution in [3.63, 3.8) is 0 Å². The minimum Gasteiger partial charge on any atom is -0.493 e. The molecule has 10 heteroatoms. The predicted octanol–water partition coefficient (Wildman–Crippen LogP) is 2.99. The van der Waals surface area contributed by atoms with Crippen LogP contribution in [0.4, 0.5) is 0 Å². The molecule has 0 bridgehead atoms. The average molecular weight is 486 g/mol. The van der Waals surface area contributed by atoms with Gasteiger partial charge in [0, 0.05) is 11.1 Å². The summed E-state index contributed by atoms with van der Waals surface area (Å²) in [6.07, 6.45) is 0. The standard InChI is InChI=1S/C26H23N5O5/c1-17(32)19-13-14-21(22(15-19)35-2)36-16-23(33)28-29-26(34)24-27-25(18-9-5-3-6-10-18)31(30-24)20-11-7-4-8-12-20/h3-15H,16H2,1-2H3,(H,28,33)(H,29,34). The molecule has 3 aromatic carbocycles. The summed E-state index contributed by atoms with van der Waals surface area (Å²) in [4.78, 5) is 40.9. The molecule has 36 heavy (non-hydrogen) atoms. The number of amides is 2. The Morgan fingerprint density at radius 1 is 0.889 bits per heavy atom. The van der Waals surface area contributed by atoms with E-state index >= 15 is 0 Å². The fourth-order valence-electron chi connectivity index (χ4n) is 3.30. The molecule has 1 aromatic heterocycles. The molecule has 1 heterocycles. The lowest BCUT2D eigenvalue weighted by atomic mass is 10.1. The summed E-state index contributed by atoms with van der Waals surface area (Å²) in [5.74, 6) is -0.504. The van der Waals surface area contributed by atoms with Gasteiger partial charge in [0.15, 0.2) is 29.7 Å². The molecule has 182 valence electrons. The van der Waals surface area contributed by atoms with Gasteiger partial charge in [-0.25, -0.2) is 9.67 Å². The highest BCUT2D eigenvalue weighted by atomic mass is 16.5. The lowest BCUT2D eigenvalue weighted by Crippen LogP contribution is -2.44. The Hall–Kier alpha value is -4.99. The third-order valence-electron chi connectivity index (χ3n) is 5.09. The van der Waals surface area contributed by atoms with E-state index in [0.717, 1.165) is 11.3 Å². The number of Topliss-reactive ketones (excluding diaryl/α,β-unsaturated/α-hetero) is 1. The number of hydrazine groups is 1. The van der Waals surface area contributed by atoms with E-state index in [-0.39, 0.29) is 17.4 Å². The number of aromatic nitrogens is 3. The zero-order valence-electron chi connectivity index (χ0n) is 19.6. The highest BCUT2D eigenvalue weighted by Gasteiger charge is 2.19. The number of carbonyl (C=O) groups is 3. The van der Waals surface area contributed by atoms with Gasteiger partial charge in [-0.2, -0.15) is 0 Å². The second-order valence-corrected chi connectivity index (χ2v) is 7.59. The maximum absolute atomic E-state index is 12.7. The fraction of sp³-hybridized carbons (Fsp3) is 0.115. The Morgan fingerprint density at radius 2 is 1.58 bits per heavy atom. The summed E-state index contributed by atoms with van der Waals surface area (Å²) in [6.45, 7) is 1.03. The van der Waals surface area contributed by atoms with Crippen LogP contribution in [0.3, 0.4) is 0 Å². The van der Waals surface area contributed by atoms with E-state index < -0.39 is 18.4 Å². The summed E-state index contributed by atoms with van der Waals surface area (Å²) in [6, 6.07) is 23.2. The molecule has 0 saturated carbocycles. The summed E-state index contributed by atoms with van der Waals surface area (Å²) < 4.78 is 12.2. The number of benzene rings is 3. The Balaban J connectivity index is 1.43. The van der Waals surface area contributed by atoms with Crippen LogP contribution in [-0.4, -0.2) is 46.1 Å². The third kappa shape index (κ3) is 5.55. The number of para-hydroxylation sites is 1. The topological polar surface area (TPSA) is 124 Å². The summed E-state index contributed by atoms with van der Waals surface area (Å²) in [7, 11) is 1.43. The molecule has 0 radical (unpaired) electrons. The molecule has 10 nitrogen and oxygen atoms in total. The number of hydrogen-bond donors (Lipinski definition) is 2. The molecule has 0 aliphatic carbocycles. The molecule has 4 aromatic rings. The van der Waals surface area contributed by atoms with Crippen LogP contribution in [0, 0.1) is 0 Å². The van der Waals surface area contributed by atoms with Crippen molar-refractivity contribution in [2.75, 3.05) is 13.7 Å². The van der Waals surface area contributed by atoms with Crippen LogP contribution >= 0.6 is 0 Å². The normalized spacial score (nSPS) is 10.4. The van der Waals surface area contributed by atoms with Gasteiger partial charge in [0.05, 0.1) is 12.8 Å². The monoisotopic (exact) mass is 485 g/mol. The van der Waals surface area contributed by atoms with Gasteiger partial charge in [0.2, 0.25) is 5.82 Å². The van der Waals surface area contributed by atoms with Gasteiger partial charge < -0.3 is 9.47 Å². The van der Waals surface area contributed by atoms with Gasteiger partial charge >= 0.3 is 5.91 Å². The zero-order valence-corrected chi connectivity index (χ0v) is 19.6. The predicted molar refractivity (Wildman–Crippen MR) is 131 cm³/mol. The molecule has 0 unspecified atom stereocenters. The van der Waals surface area contributed by atoms with Gasteiger partial charge in [-0.05, 0) is 37.3 Å². The maximum Gasteiger partial charge on any atom is 0.309 e. The van der Waals surface area contributed by atoms with Crippen molar-refractivity contribution in [3.05, 3.63) is 90.3 Å². The highest BCUT2D eigenvalue weighted by Crippen LogP contribution is 2.28. The maximum atomic E-state index is 12.7. The van der Waals surface area contributed by atoms with E-state index in [1.165, 1.54) is 26.2 Å². The van der Waals surface area contributed by atoms with Crippen molar-refractivity contribution >= 4 is 17.6 Å². The molecule has 2 N–H and O–H groups in total. The first-order valence-corrected chi connectivity index (χ1v) is 10.9. The smallest absolute Gasteiger partial charge is 0.309 e. The number of methoxy groups -OCH3 is 1. The molecule has 0 aliphatic heterocycles. The Bertz CT molecular complexity index is 1330. The molecular formula is C26H23N5O5. The van der Waals surface area contributed by atoms with E-state index in [4.69, 9.17) is 9.47 Å². The van der Waals surface area contributed by atoms with Crippen molar-refractivity contribution in [1.82, 2.24) is 25.6 Å². The summed E-state index contributed by atoms with van der Waals surface area (Å²) >= 11 is 0. The van der Waals surface area contributed by atoms with E-state index in [0.29, 0.717) is 17.1 Å². The summed E-state index contributed by atoms with van der Waals surface area (Å²) in [5.41, 5.74) is 6.53. The Labute approximate surface area is 206 Å². The first kappa shape index (κ1) is 24.1. The van der Waals surface area contributed by atoms with E-state index in [9.17, 15) is 14.4 Å². The molecule has 0 fully saturated rings. The zero-order chi connectivity index (χ0) is 25.5. The van der Waals surface area contributed by atoms with Gasteiger partial charge in [-0.3, -0.25) is 25.2 Å². The van der Waals surface area contributed by atoms with Crippen LogP contribution in [0.2, 0.25) is 0 Å². The third-order valence-corrected chi connectivity index (χ3v) is 5.09. The number of carbonyl (C=O) groups excluding carboxylic acids is 3. The van der Waals surface area contributed by atoms with Gasteiger partial charge in [-0.15, -0.1) is 5.10 Å². The second kappa shape index (κ2) is 11.0. The number of rotatable bonds is 8. The molecule has 0 aliphatic rings. The van der Waals surface area contributed by atoms with Crippen molar-refractivity contribution in [2.24, 2.45) is 0 Å². The van der Waals surface area contributed by atoms with Crippen molar-refractivity contribution in [3.8, 4) is 28.6 Å². The number of nitrogens with one attached hydrogen (secondary N) is 2. The van der Waals surface area contributed by atoms with Crippen LogP contribution in [0.15, 0.2) is 78.9 Å². The van der Waals surface area contributed by atoms with E-state index in [1.807, 2.05) is 60.7 Å². The van der Waals surface area contributed by atoms with Gasteiger partial charge in [0.1, 0.15) is 0 Å². The van der Waals surface area contributed by atoms with Crippen LogP contribution in [0.1, 0.15) is 27.9 Å². The summed E-state index contributed by atoms with van der Waals surface area (Å²) in [5, 5.41) is 4.34. The number of hydrogen-bond acceptors (Lipinski definition) is 7. The first-order chi connectivity index (χ1) is 17.5. The van der Waals surface area contributed by atoms with Gasteiger partial charge in [0.25, 0.3) is 5.91 Å². The van der Waals surface area contributed by atoms with Crippen LogP contribution in [0.5, 0.6) is 11.5 Å². The quantitative estimate of drug-likeness (QED) is 0.290. The lowest BCUT2D eigenvalue weighted by Gasteiger charge is -2.11. The average Bonchev–Trinajstić information content (AvgIpc) is 3.37. The minimum atomic E-state index is -0.696. The molecule has 0 saturated heterocycles. The highest BCUT2D eigenvalue weighted by molar-refractivity contribution is 5.95. The Morgan fingerprint density at radius 3 is 2.25 bits per heavy atom. The van der Waals surface area contributed by atoms with Crippen molar-refractivity contribution < 1.29 is 23.9 Å². The van der Waals surface area contributed by atoms with E-state index in [1.54, 1.807) is 10.7 Å². The molecule has 4 rings (SSSR count). The van der Waals surface area contributed by atoms with Crippen molar-refractivity contribution in [2.45, 2.75) is 6.92 Å². The first-order valence-electron chi connectivity index (χ1n) is 10.9. The lowest BCUT2D eigenvalue weighted by molar-refractivity contribution is -0.123. The number of nitrogens with zero attached hydrogens (tertiary/aromatic N) is 3. The molecule has 0 spiro atoms. The molecule has 2 amide bonds. The number of ketones is 1. The van der Waals surface area contributed by atoms with Crippen LogP contribution < -0.4 is 20.3 Å². The van der Waals surface area contributed by atoms with Crippen LogP contribution in [-0.2, 0) is 4.79 Å². The van der Waals surface area contributed by atoms with E-state index in [2.05, 4.69) is 20.9 Å². The SMILES string of the molecule is COc1cc(C(C)=O)ccc1OCC(=O)NNC(=O)c1nc(-c2ccccc2)n(-c2ccccc2)n1.